The van der Waals surface area contributed by atoms with Gasteiger partial charge in [0, 0.05) is 18.0 Å². The molecule has 3 aromatic carbocycles. The molecule has 0 atom stereocenters. The van der Waals surface area contributed by atoms with E-state index in [0.717, 1.165) is 11.3 Å². The van der Waals surface area contributed by atoms with E-state index in [1.54, 1.807) is 0 Å². The highest BCUT2D eigenvalue weighted by atomic mass is 16.6. The highest BCUT2D eigenvalue weighted by Gasteiger charge is 2.29. The molecule has 1 amide bonds. The number of aryl methyl sites for hydroxylation is 1. The summed E-state index contributed by atoms with van der Waals surface area (Å²) in [5.74, 6) is 0.385. The van der Waals surface area contributed by atoms with Gasteiger partial charge in [0.1, 0.15) is 12.2 Å². The van der Waals surface area contributed by atoms with Crippen LogP contribution in [-0.2, 0) is 20.7 Å². The van der Waals surface area contributed by atoms with Crippen LogP contribution in [0.1, 0.15) is 80.5 Å². The first kappa shape index (κ1) is 25.1. The van der Waals surface area contributed by atoms with Crippen molar-refractivity contribution in [1.29, 1.82) is 0 Å². The van der Waals surface area contributed by atoms with Gasteiger partial charge in [0.25, 0.3) is 0 Å². The smallest absolute Gasteiger partial charge is 0.411 e. The van der Waals surface area contributed by atoms with Crippen LogP contribution in [0, 0.1) is 0 Å². The van der Waals surface area contributed by atoms with E-state index in [4.69, 9.17) is 9.47 Å². The molecule has 3 aromatic rings. The van der Waals surface area contributed by atoms with Gasteiger partial charge >= 0.3 is 12.1 Å². The molecule has 1 N–H and O–H groups in total. The van der Waals surface area contributed by atoms with Gasteiger partial charge in [-0.15, -0.1) is 0 Å². The lowest BCUT2D eigenvalue weighted by atomic mass is 9.98. The number of benzene rings is 3. The Balaban J connectivity index is 1.24. The van der Waals surface area contributed by atoms with Crippen molar-refractivity contribution in [3.63, 3.8) is 0 Å². The Labute approximate surface area is 219 Å². The maximum Gasteiger partial charge on any atom is 0.411 e. The number of hydrogen-bond donors (Lipinski definition) is 1. The van der Waals surface area contributed by atoms with Crippen molar-refractivity contribution >= 4 is 17.7 Å². The van der Waals surface area contributed by atoms with Gasteiger partial charge in [0.05, 0.1) is 0 Å². The number of carbonyl (C=O) groups excluding carboxylic acids is 2. The summed E-state index contributed by atoms with van der Waals surface area (Å²) in [7, 11) is 0. The van der Waals surface area contributed by atoms with E-state index >= 15 is 0 Å². The molecule has 0 aliphatic heterocycles. The number of rotatable bonds is 8. The first-order chi connectivity index (χ1) is 17.8. The SMILES string of the molecule is CC(C)(C)OC(=O)CCCc1ccc(C2CC2)cc1NC(=O)OCC1c2ccccc2-c2ccccc21. The molecule has 0 radical (unpaired) electrons. The summed E-state index contributed by atoms with van der Waals surface area (Å²) in [6.45, 7) is 5.89. The van der Waals surface area contributed by atoms with Gasteiger partial charge in [0.2, 0.25) is 0 Å². The summed E-state index contributed by atoms with van der Waals surface area (Å²) in [5, 5.41) is 3.00. The van der Waals surface area contributed by atoms with E-state index in [0.29, 0.717) is 25.2 Å². The fraction of sp³-hybridized carbons (Fsp3) is 0.375. The van der Waals surface area contributed by atoms with Crippen LogP contribution in [-0.4, -0.2) is 24.3 Å². The van der Waals surface area contributed by atoms with E-state index in [9.17, 15) is 9.59 Å². The summed E-state index contributed by atoms with van der Waals surface area (Å²) < 4.78 is 11.2. The molecule has 0 aromatic heterocycles. The monoisotopic (exact) mass is 497 g/mol. The molecule has 5 heteroatoms. The van der Waals surface area contributed by atoms with Gasteiger partial charge in [-0.3, -0.25) is 10.1 Å². The van der Waals surface area contributed by atoms with E-state index in [1.165, 1.54) is 40.7 Å². The first-order valence-electron chi connectivity index (χ1n) is 13.2. The normalized spacial score (nSPS) is 14.6. The predicted octanol–water partition coefficient (Wildman–Crippen LogP) is 7.59. The molecule has 0 saturated heterocycles. The molecule has 192 valence electrons. The third-order valence-electron chi connectivity index (χ3n) is 7.01. The van der Waals surface area contributed by atoms with Crippen LogP contribution in [0.3, 0.4) is 0 Å². The van der Waals surface area contributed by atoms with Gasteiger partial charge in [-0.2, -0.15) is 0 Å². The van der Waals surface area contributed by atoms with Crippen LogP contribution < -0.4 is 5.32 Å². The molecule has 2 aliphatic carbocycles. The largest absolute Gasteiger partial charge is 0.460 e. The van der Waals surface area contributed by atoms with Crippen molar-refractivity contribution in [2.75, 3.05) is 11.9 Å². The fourth-order valence-corrected chi connectivity index (χ4v) is 5.16. The van der Waals surface area contributed by atoms with Gasteiger partial charge in [0.15, 0.2) is 0 Å². The Morgan fingerprint density at radius 3 is 2.19 bits per heavy atom. The van der Waals surface area contributed by atoms with Gasteiger partial charge < -0.3 is 9.47 Å². The van der Waals surface area contributed by atoms with E-state index in [2.05, 4.69) is 47.8 Å². The molecule has 2 aliphatic rings. The summed E-state index contributed by atoms with van der Waals surface area (Å²) in [6.07, 6.45) is 3.57. The first-order valence-corrected chi connectivity index (χ1v) is 13.2. The molecule has 1 saturated carbocycles. The molecule has 0 spiro atoms. The summed E-state index contributed by atoms with van der Waals surface area (Å²) in [6, 6.07) is 22.9. The Kier molecular flexibility index (Phi) is 7.05. The molecule has 0 heterocycles. The molecule has 37 heavy (non-hydrogen) atoms. The number of nitrogens with one attached hydrogen (secondary N) is 1. The minimum atomic E-state index is -0.486. The van der Waals surface area contributed by atoms with Crippen molar-refractivity contribution in [2.24, 2.45) is 0 Å². The number of ether oxygens (including phenoxy) is 2. The van der Waals surface area contributed by atoms with Crippen molar-refractivity contribution in [2.45, 2.75) is 70.3 Å². The van der Waals surface area contributed by atoms with Crippen LogP contribution >= 0.6 is 0 Å². The van der Waals surface area contributed by atoms with Crippen LogP contribution in [0.5, 0.6) is 0 Å². The maximum absolute atomic E-state index is 13.0. The fourth-order valence-electron chi connectivity index (χ4n) is 5.16. The van der Waals surface area contributed by atoms with Crippen LogP contribution in [0.15, 0.2) is 66.7 Å². The minimum Gasteiger partial charge on any atom is -0.460 e. The van der Waals surface area contributed by atoms with Crippen molar-refractivity contribution in [3.8, 4) is 11.1 Å². The predicted molar refractivity (Wildman–Crippen MR) is 146 cm³/mol. The second-order valence-electron chi connectivity index (χ2n) is 11.1. The number of carbonyl (C=O) groups is 2. The lowest BCUT2D eigenvalue weighted by Crippen LogP contribution is -2.23. The average molecular weight is 498 g/mol. The summed E-state index contributed by atoms with van der Waals surface area (Å²) >= 11 is 0. The third-order valence-corrected chi connectivity index (χ3v) is 7.01. The van der Waals surface area contributed by atoms with E-state index in [-0.39, 0.29) is 18.5 Å². The van der Waals surface area contributed by atoms with Gasteiger partial charge in [-0.05, 0) is 91.8 Å². The summed E-state index contributed by atoms with van der Waals surface area (Å²) in [4.78, 5) is 25.1. The third kappa shape index (κ3) is 6.04. The number of hydrogen-bond acceptors (Lipinski definition) is 4. The van der Waals surface area contributed by atoms with E-state index in [1.807, 2.05) is 45.0 Å². The zero-order chi connectivity index (χ0) is 26.0. The molecule has 0 bridgehead atoms. The van der Waals surface area contributed by atoms with E-state index < -0.39 is 11.7 Å². The highest BCUT2D eigenvalue weighted by Crippen LogP contribution is 2.45. The lowest BCUT2D eigenvalue weighted by Gasteiger charge is -2.19. The number of esters is 1. The van der Waals surface area contributed by atoms with Gasteiger partial charge in [-0.25, -0.2) is 4.79 Å². The number of fused-ring (bicyclic) bond motifs is 3. The topological polar surface area (TPSA) is 64.6 Å². The molecule has 5 nitrogen and oxygen atoms in total. The average Bonchev–Trinajstić information content (AvgIpc) is 3.65. The van der Waals surface area contributed by atoms with Crippen molar-refractivity contribution in [1.82, 2.24) is 0 Å². The zero-order valence-corrected chi connectivity index (χ0v) is 21.9. The molecular weight excluding hydrogens is 462 g/mol. The minimum absolute atomic E-state index is 0.0178. The Hall–Kier alpha value is -3.60. The van der Waals surface area contributed by atoms with Crippen LogP contribution in [0.25, 0.3) is 11.1 Å². The standard InChI is InChI=1S/C32H35NO4/c1-32(2,3)37-30(34)14-8-9-22-17-18-23(21-15-16-21)19-29(22)33-31(35)36-20-28-26-12-6-4-10-24(26)25-11-5-7-13-27(25)28/h4-7,10-13,17-19,21,28H,8-9,14-16,20H2,1-3H3,(H,33,35). The Bertz CT molecular complexity index is 1260. The van der Waals surface area contributed by atoms with Crippen LogP contribution in [0.4, 0.5) is 10.5 Å². The second-order valence-corrected chi connectivity index (χ2v) is 11.1. The molecule has 5 rings (SSSR count). The van der Waals surface area contributed by atoms with Crippen LogP contribution in [0.2, 0.25) is 0 Å². The maximum atomic E-state index is 13.0. The lowest BCUT2D eigenvalue weighted by molar-refractivity contribution is -0.154. The molecule has 0 unspecified atom stereocenters. The zero-order valence-electron chi connectivity index (χ0n) is 21.9. The van der Waals surface area contributed by atoms with Gasteiger partial charge in [-0.1, -0.05) is 60.7 Å². The Morgan fingerprint density at radius 2 is 1.57 bits per heavy atom. The summed E-state index contributed by atoms with van der Waals surface area (Å²) in [5.41, 5.74) is 7.31. The van der Waals surface area contributed by atoms with Crippen molar-refractivity contribution in [3.05, 3.63) is 89.0 Å². The highest BCUT2D eigenvalue weighted by molar-refractivity contribution is 5.86. The number of anilines is 1. The molecule has 1 fully saturated rings. The number of amides is 1. The van der Waals surface area contributed by atoms with Crippen molar-refractivity contribution < 1.29 is 19.1 Å². The molecular formula is C32H35NO4. The Morgan fingerprint density at radius 1 is 0.919 bits per heavy atom. The quantitative estimate of drug-likeness (QED) is 0.326. The second kappa shape index (κ2) is 10.4.